The van der Waals surface area contributed by atoms with E-state index in [0.29, 0.717) is 12.2 Å². The number of carbonyl (C=O) groups excluding carboxylic acids is 1. The summed E-state index contributed by atoms with van der Waals surface area (Å²) in [5.41, 5.74) is 3.64. The highest BCUT2D eigenvalue weighted by Gasteiger charge is 2.54. The van der Waals surface area contributed by atoms with E-state index in [-0.39, 0.29) is 24.0 Å². The van der Waals surface area contributed by atoms with Crippen LogP contribution in [0.25, 0.3) is 0 Å². The maximum Gasteiger partial charge on any atom is 0.150 e. The summed E-state index contributed by atoms with van der Waals surface area (Å²) in [7, 11) is 0. The first kappa shape index (κ1) is 15.3. The van der Waals surface area contributed by atoms with Gasteiger partial charge < -0.3 is 5.32 Å². The molecule has 1 fully saturated rings. The second-order valence-electron chi connectivity index (χ2n) is 6.61. The topological polar surface area (TPSA) is 45.2 Å². The van der Waals surface area contributed by atoms with Crippen molar-refractivity contribution < 1.29 is 4.79 Å². The van der Waals surface area contributed by atoms with E-state index in [0.717, 1.165) is 12.2 Å². The smallest absolute Gasteiger partial charge is 0.150 e. The number of carbonyl (C=O) groups is 1. The van der Waals surface area contributed by atoms with Gasteiger partial charge in [-0.1, -0.05) is 44.2 Å². The lowest BCUT2D eigenvalue weighted by molar-refractivity contribution is -0.123. The van der Waals surface area contributed by atoms with Gasteiger partial charge in [0, 0.05) is 41.9 Å². The largest absolute Gasteiger partial charge is 0.369 e. The van der Waals surface area contributed by atoms with Crippen LogP contribution in [-0.2, 0) is 4.79 Å². The molecular formula is C20H23N3O. The maximum absolute atomic E-state index is 12.8. The number of Topliss-reactive ketones (excluding diaryl/α,β-unsaturated/α-hetero) is 1. The van der Waals surface area contributed by atoms with Gasteiger partial charge >= 0.3 is 0 Å². The van der Waals surface area contributed by atoms with Crippen molar-refractivity contribution in [3.8, 4) is 0 Å². The third-order valence-corrected chi connectivity index (χ3v) is 5.52. The number of hydrogen-bond donors (Lipinski definition) is 1. The van der Waals surface area contributed by atoms with Crippen LogP contribution >= 0.6 is 0 Å². The number of likely N-dealkylation sites (N-methyl/N-ethyl adjacent to an activating group) is 1. The minimum Gasteiger partial charge on any atom is -0.369 e. The molecule has 1 saturated heterocycles. The van der Waals surface area contributed by atoms with Gasteiger partial charge in [0.05, 0.1) is 12.2 Å². The van der Waals surface area contributed by atoms with Crippen LogP contribution in [-0.4, -0.2) is 34.4 Å². The Kier molecular flexibility index (Phi) is 3.85. The lowest BCUT2D eigenvalue weighted by atomic mass is 9.79. The van der Waals surface area contributed by atoms with Crippen LogP contribution < -0.4 is 5.32 Å². The second-order valence-corrected chi connectivity index (χ2v) is 6.61. The Morgan fingerprint density at radius 2 is 1.96 bits per heavy atom. The fraction of sp³-hybridized carbons (Fsp3) is 0.400. The number of anilines is 1. The molecule has 2 aliphatic heterocycles. The Labute approximate surface area is 142 Å². The number of benzene rings is 1. The molecule has 0 radical (unpaired) electrons. The second kappa shape index (κ2) is 6.02. The van der Waals surface area contributed by atoms with Gasteiger partial charge in [0.2, 0.25) is 0 Å². The number of ketones is 1. The van der Waals surface area contributed by atoms with Crippen LogP contribution in [0.3, 0.4) is 0 Å². The van der Waals surface area contributed by atoms with Crippen molar-refractivity contribution in [1.82, 2.24) is 9.88 Å². The van der Waals surface area contributed by atoms with E-state index in [1.54, 1.807) is 0 Å². The van der Waals surface area contributed by atoms with E-state index in [9.17, 15) is 4.79 Å². The Balaban J connectivity index is 1.86. The van der Waals surface area contributed by atoms with Gasteiger partial charge in [0.15, 0.2) is 0 Å². The van der Waals surface area contributed by atoms with Crippen molar-refractivity contribution in [2.75, 3.05) is 11.9 Å². The van der Waals surface area contributed by atoms with Gasteiger partial charge in [0.1, 0.15) is 5.78 Å². The molecule has 4 heteroatoms. The van der Waals surface area contributed by atoms with Crippen LogP contribution in [0, 0.1) is 0 Å². The molecule has 1 aromatic heterocycles. The fourth-order valence-corrected chi connectivity index (χ4v) is 4.53. The number of pyridine rings is 1. The van der Waals surface area contributed by atoms with E-state index >= 15 is 0 Å². The monoisotopic (exact) mass is 321 g/mol. The molecule has 0 aliphatic carbocycles. The number of nitrogens with zero attached hydrogens (tertiary/aromatic N) is 2. The third-order valence-electron chi connectivity index (χ3n) is 5.52. The number of rotatable bonds is 4. The summed E-state index contributed by atoms with van der Waals surface area (Å²) >= 11 is 0. The highest BCUT2D eigenvalue weighted by atomic mass is 16.1. The van der Waals surface area contributed by atoms with Gasteiger partial charge in [-0.25, -0.2) is 0 Å². The number of nitrogens with one attached hydrogen (secondary N) is 1. The average molecular weight is 321 g/mol. The molecule has 3 heterocycles. The van der Waals surface area contributed by atoms with Crippen LogP contribution in [0.15, 0.2) is 48.8 Å². The molecule has 0 bridgehead atoms. The van der Waals surface area contributed by atoms with E-state index in [1.165, 1.54) is 11.1 Å². The number of hydrogen-bond acceptors (Lipinski definition) is 4. The van der Waals surface area contributed by atoms with Crippen molar-refractivity contribution in [1.29, 1.82) is 0 Å². The average Bonchev–Trinajstić information content (AvgIpc) is 3.15. The molecule has 0 amide bonds. The molecular weight excluding hydrogens is 298 g/mol. The lowest BCUT2D eigenvalue weighted by Gasteiger charge is -2.29. The Morgan fingerprint density at radius 1 is 1.17 bits per heavy atom. The van der Waals surface area contributed by atoms with E-state index < -0.39 is 0 Å². The minimum atomic E-state index is -0.0711. The summed E-state index contributed by atoms with van der Waals surface area (Å²) in [6.45, 7) is 4.97. The number of aromatic nitrogens is 1. The number of fused-ring (bicyclic) bond motifs is 3. The van der Waals surface area contributed by atoms with Crippen LogP contribution in [0.2, 0.25) is 0 Å². The van der Waals surface area contributed by atoms with Crippen molar-refractivity contribution >= 4 is 11.5 Å². The molecule has 4 rings (SSSR count). The zero-order chi connectivity index (χ0) is 16.7. The highest BCUT2D eigenvalue weighted by Crippen LogP contribution is 2.53. The summed E-state index contributed by atoms with van der Waals surface area (Å²) in [4.78, 5) is 19.5. The zero-order valence-electron chi connectivity index (χ0n) is 14.1. The maximum atomic E-state index is 12.8. The van der Waals surface area contributed by atoms with Gasteiger partial charge in [-0.2, -0.15) is 0 Å². The first-order valence-corrected chi connectivity index (χ1v) is 8.80. The van der Waals surface area contributed by atoms with E-state index in [1.807, 2.05) is 31.5 Å². The predicted octanol–water partition coefficient (Wildman–Crippen LogP) is 3.38. The summed E-state index contributed by atoms with van der Waals surface area (Å²) in [6, 6.07) is 12.5. The highest BCUT2D eigenvalue weighted by molar-refractivity contribution is 5.86. The van der Waals surface area contributed by atoms with Crippen molar-refractivity contribution in [3.63, 3.8) is 0 Å². The fourth-order valence-electron chi connectivity index (χ4n) is 4.53. The molecule has 0 saturated carbocycles. The molecule has 1 N–H and O–H groups in total. The quantitative estimate of drug-likeness (QED) is 0.937. The van der Waals surface area contributed by atoms with Crippen LogP contribution in [0.5, 0.6) is 0 Å². The summed E-state index contributed by atoms with van der Waals surface area (Å²) in [6.07, 6.45) is 4.54. The Hall–Kier alpha value is -2.20. The molecule has 4 atom stereocenters. The van der Waals surface area contributed by atoms with E-state index in [4.69, 9.17) is 0 Å². The summed E-state index contributed by atoms with van der Waals surface area (Å²) in [5, 5.41) is 3.64. The van der Waals surface area contributed by atoms with Gasteiger partial charge in [-0.05, 0) is 18.2 Å². The third kappa shape index (κ3) is 2.17. The van der Waals surface area contributed by atoms with Gasteiger partial charge in [0.25, 0.3) is 0 Å². The molecule has 1 aromatic carbocycles. The van der Waals surface area contributed by atoms with E-state index in [2.05, 4.69) is 46.4 Å². The van der Waals surface area contributed by atoms with Crippen molar-refractivity contribution in [2.45, 2.75) is 44.3 Å². The molecule has 2 aliphatic rings. The summed E-state index contributed by atoms with van der Waals surface area (Å²) < 4.78 is 0. The summed E-state index contributed by atoms with van der Waals surface area (Å²) in [5.74, 6) is 0.755. The van der Waals surface area contributed by atoms with Gasteiger partial charge in [-0.3, -0.25) is 14.7 Å². The minimum absolute atomic E-state index is 0.0711. The predicted molar refractivity (Wildman–Crippen MR) is 95.0 cm³/mol. The standard InChI is InChI=1S/C20H23N3O/c1-3-16(24)19-17(13-8-6-5-7-9-13)18-14-12-21-11-10-15(14)22-20(18)23(19)4-2/h5-12,17-20,22H,3-4H2,1-2H3. The molecule has 0 spiro atoms. The SMILES string of the molecule is CCC(=O)C1C(c2ccccc2)C2c3cnccc3NC2N1CC. The number of likely N-dealkylation sites (tertiary alicyclic amines) is 1. The zero-order valence-corrected chi connectivity index (χ0v) is 14.1. The van der Waals surface area contributed by atoms with Crippen LogP contribution in [0.1, 0.15) is 43.2 Å². The Morgan fingerprint density at radius 3 is 2.67 bits per heavy atom. The molecule has 2 aromatic rings. The molecule has 24 heavy (non-hydrogen) atoms. The van der Waals surface area contributed by atoms with Gasteiger partial charge in [-0.15, -0.1) is 0 Å². The van der Waals surface area contributed by atoms with Crippen molar-refractivity contribution in [3.05, 3.63) is 59.9 Å². The van der Waals surface area contributed by atoms with Crippen molar-refractivity contribution in [2.24, 2.45) is 0 Å². The molecule has 4 unspecified atom stereocenters. The molecule has 4 nitrogen and oxygen atoms in total. The molecule has 124 valence electrons. The lowest BCUT2D eigenvalue weighted by Crippen LogP contribution is -2.44. The first-order chi connectivity index (χ1) is 11.8. The Bertz CT molecular complexity index is 746. The van der Waals surface area contributed by atoms with Crippen LogP contribution in [0.4, 0.5) is 5.69 Å². The normalized spacial score (nSPS) is 28.2. The first-order valence-electron chi connectivity index (χ1n) is 8.80.